The first-order valence-electron chi connectivity index (χ1n) is 4.71. The third-order valence-corrected chi connectivity index (χ3v) is 2.31. The summed E-state index contributed by atoms with van der Waals surface area (Å²) in [5.74, 6) is 5.87. The summed E-state index contributed by atoms with van der Waals surface area (Å²) in [5.41, 5.74) is 3.88. The van der Waals surface area contributed by atoms with E-state index in [1.165, 1.54) is 7.11 Å². The van der Waals surface area contributed by atoms with Gasteiger partial charge in [0.05, 0.1) is 18.2 Å². The number of hydrogen-bond donors (Lipinski definition) is 3. The van der Waals surface area contributed by atoms with Gasteiger partial charge in [-0.1, -0.05) is 0 Å². The zero-order valence-corrected chi connectivity index (χ0v) is 9.00. The number of imidazole rings is 1. The van der Waals surface area contributed by atoms with E-state index in [1.807, 2.05) is 6.92 Å². The summed E-state index contributed by atoms with van der Waals surface area (Å²) >= 11 is 0. The van der Waals surface area contributed by atoms with E-state index in [0.717, 1.165) is 11.3 Å². The molecule has 16 heavy (non-hydrogen) atoms. The van der Waals surface area contributed by atoms with Crippen molar-refractivity contribution in [1.29, 1.82) is 0 Å². The van der Waals surface area contributed by atoms with Crippen LogP contribution in [0.4, 0.5) is 0 Å². The van der Waals surface area contributed by atoms with Crippen molar-refractivity contribution < 1.29 is 9.53 Å². The number of fused-ring (bicyclic) bond motifs is 1. The molecule has 0 saturated heterocycles. The molecular weight excluding hydrogens is 208 g/mol. The van der Waals surface area contributed by atoms with Crippen LogP contribution in [0.5, 0.6) is 5.75 Å². The van der Waals surface area contributed by atoms with E-state index in [0.29, 0.717) is 16.8 Å². The Morgan fingerprint density at radius 3 is 2.94 bits per heavy atom. The van der Waals surface area contributed by atoms with E-state index in [-0.39, 0.29) is 0 Å². The summed E-state index contributed by atoms with van der Waals surface area (Å²) in [6.07, 6.45) is 0. The third kappa shape index (κ3) is 1.49. The van der Waals surface area contributed by atoms with Crippen LogP contribution in [-0.2, 0) is 0 Å². The minimum atomic E-state index is -0.403. The van der Waals surface area contributed by atoms with Crippen LogP contribution in [0.2, 0.25) is 0 Å². The molecule has 0 fully saturated rings. The van der Waals surface area contributed by atoms with Gasteiger partial charge in [0.15, 0.2) is 5.75 Å². The summed E-state index contributed by atoms with van der Waals surface area (Å²) in [6, 6.07) is 3.41. The van der Waals surface area contributed by atoms with Crippen LogP contribution >= 0.6 is 0 Å². The maximum absolute atomic E-state index is 11.5. The maximum Gasteiger partial charge on any atom is 0.269 e. The van der Waals surface area contributed by atoms with E-state index in [2.05, 4.69) is 15.4 Å². The van der Waals surface area contributed by atoms with Gasteiger partial charge in [0.25, 0.3) is 5.91 Å². The number of amides is 1. The number of H-pyrrole nitrogens is 1. The summed E-state index contributed by atoms with van der Waals surface area (Å²) < 4.78 is 5.20. The van der Waals surface area contributed by atoms with Gasteiger partial charge in [-0.3, -0.25) is 10.2 Å². The average molecular weight is 220 g/mol. The predicted octanol–water partition coefficient (Wildman–Crippen LogP) is 0.483. The Morgan fingerprint density at radius 1 is 1.56 bits per heavy atom. The molecule has 1 heterocycles. The zero-order valence-electron chi connectivity index (χ0n) is 9.00. The van der Waals surface area contributed by atoms with Crippen LogP contribution in [-0.4, -0.2) is 23.0 Å². The van der Waals surface area contributed by atoms with Crippen LogP contribution in [0, 0.1) is 6.92 Å². The lowest BCUT2D eigenvalue weighted by Gasteiger charge is -2.07. The summed E-state index contributed by atoms with van der Waals surface area (Å²) in [5, 5.41) is 0. The second-order valence-corrected chi connectivity index (χ2v) is 3.34. The first-order chi connectivity index (χ1) is 7.67. The molecule has 4 N–H and O–H groups in total. The third-order valence-electron chi connectivity index (χ3n) is 2.31. The van der Waals surface area contributed by atoms with Crippen molar-refractivity contribution in [3.8, 4) is 5.75 Å². The SMILES string of the molecule is COc1c(C(=O)NN)ccc2[nH]c(C)nc12. The number of aromatic amines is 1. The van der Waals surface area contributed by atoms with Gasteiger partial charge in [-0.05, 0) is 19.1 Å². The van der Waals surface area contributed by atoms with Crippen LogP contribution < -0.4 is 16.0 Å². The largest absolute Gasteiger partial charge is 0.494 e. The maximum atomic E-state index is 11.5. The number of hydrazine groups is 1. The Labute approximate surface area is 91.8 Å². The van der Waals surface area contributed by atoms with E-state index in [4.69, 9.17) is 10.6 Å². The highest BCUT2D eigenvalue weighted by Gasteiger charge is 2.16. The normalized spacial score (nSPS) is 10.4. The number of nitrogens with one attached hydrogen (secondary N) is 2. The van der Waals surface area contributed by atoms with Crippen LogP contribution in [0.1, 0.15) is 16.2 Å². The Kier molecular flexibility index (Phi) is 2.49. The molecule has 0 saturated carbocycles. The summed E-state index contributed by atoms with van der Waals surface area (Å²) in [6.45, 7) is 1.84. The number of rotatable bonds is 2. The highest BCUT2D eigenvalue weighted by Crippen LogP contribution is 2.27. The number of benzene rings is 1. The van der Waals surface area contributed by atoms with Gasteiger partial charge in [0, 0.05) is 0 Å². The minimum Gasteiger partial charge on any atom is -0.494 e. The van der Waals surface area contributed by atoms with Crippen molar-refractivity contribution in [2.75, 3.05) is 7.11 Å². The lowest BCUT2D eigenvalue weighted by Crippen LogP contribution is -2.30. The predicted molar refractivity (Wildman–Crippen MR) is 59.0 cm³/mol. The number of nitrogens with zero attached hydrogens (tertiary/aromatic N) is 1. The molecule has 0 unspecified atom stereocenters. The molecule has 0 spiro atoms. The van der Waals surface area contributed by atoms with Crippen molar-refractivity contribution >= 4 is 16.9 Å². The fourth-order valence-corrected chi connectivity index (χ4v) is 1.64. The number of carbonyl (C=O) groups excluding carboxylic acids is 1. The van der Waals surface area contributed by atoms with Crippen LogP contribution in [0.15, 0.2) is 12.1 Å². The molecule has 6 heteroatoms. The van der Waals surface area contributed by atoms with Crippen LogP contribution in [0.25, 0.3) is 11.0 Å². The number of methoxy groups -OCH3 is 1. The fourth-order valence-electron chi connectivity index (χ4n) is 1.64. The molecule has 0 bridgehead atoms. The highest BCUT2D eigenvalue weighted by atomic mass is 16.5. The molecular formula is C10H12N4O2. The first-order valence-corrected chi connectivity index (χ1v) is 4.71. The molecule has 0 atom stereocenters. The summed E-state index contributed by atoms with van der Waals surface area (Å²) in [4.78, 5) is 18.8. The number of aryl methyl sites for hydroxylation is 1. The smallest absolute Gasteiger partial charge is 0.269 e. The average Bonchev–Trinajstić information content (AvgIpc) is 2.66. The molecule has 1 aromatic carbocycles. The number of aromatic nitrogens is 2. The minimum absolute atomic E-state index is 0.365. The Balaban J connectivity index is 2.71. The van der Waals surface area contributed by atoms with Crippen molar-refractivity contribution in [1.82, 2.24) is 15.4 Å². The molecule has 0 radical (unpaired) electrons. The number of nitrogens with two attached hydrogens (primary N) is 1. The van der Waals surface area contributed by atoms with Gasteiger partial charge in [-0.25, -0.2) is 10.8 Å². The Hall–Kier alpha value is -2.08. The number of nitrogen functional groups attached to an aromatic ring is 1. The second kappa shape index (κ2) is 3.82. The van der Waals surface area contributed by atoms with Gasteiger partial charge in [0.2, 0.25) is 0 Å². The van der Waals surface area contributed by atoms with Gasteiger partial charge in [-0.15, -0.1) is 0 Å². The molecule has 0 aliphatic rings. The Bertz CT molecular complexity index is 547. The lowest BCUT2D eigenvalue weighted by molar-refractivity contribution is 0.0951. The fraction of sp³-hybridized carbons (Fsp3) is 0.200. The monoisotopic (exact) mass is 220 g/mol. The quantitative estimate of drug-likeness (QED) is 0.390. The molecule has 2 rings (SSSR count). The second-order valence-electron chi connectivity index (χ2n) is 3.34. The van der Waals surface area contributed by atoms with Crippen molar-refractivity contribution in [2.45, 2.75) is 6.92 Å². The zero-order chi connectivity index (χ0) is 11.7. The molecule has 6 nitrogen and oxygen atoms in total. The van der Waals surface area contributed by atoms with E-state index in [1.54, 1.807) is 12.1 Å². The lowest BCUT2D eigenvalue weighted by atomic mass is 10.1. The molecule has 2 aromatic rings. The Morgan fingerprint density at radius 2 is 2.31 bits per heavy atom. The van der Waals surface area contributed by atoms with Gasteiger partial charge < -0.3 is 9.72 Å². The van der Waals surface area contributed by atoms with E-state index in [9.17, 15) is 4.79 Å². The van der Waals surface area contributed by atoms with Crippen molar-refractivity contribution in [2.24, 2.45) is 5.84 Å². The van der Waals surface area contributed by atoms with E-state index < -0.39 is 5.91 Å². The summed E-state index contributed by atoms with van der Waals surface area (Å²) in [7, 11) is 1.49. The van der Waals surface area contributed by atoms with Crippen molar-refractivity contribution in [3.63, 3.8) is 0 Å². The highest BCUT2D eigenvalue weighted by molar-refractivity contribution is 6.01. The van der Waals surface area contributed by atoms with Gasteiger partial charge in [-0.2, -0.15) is 0 Å². The van der Waals surface area contributed by atoms with Gasteiger partial charge in [0.1, 0.15) is 11.3 Å². The standard InChI is InChI=1S/C10H12N4O2/c1-5-12-7-4-3-6(10(15)14-11)9(16-2)8(7)13-5/h3-4H,11H2,1-2H3,(H,12,13)(H,14,15). The topological polar surface area (TPSA) is 93.0 Å². The van der Waals surface area contributed by atoms with Crippen molar-refractivity contribution in [3.05, 3.63) is 23.5 Å². The van der Waals surface area contributed by atoms with Gasteiger partial charge >= 0.3 is 0 Å². The number of carbonyl (C=O) groups is 1. The first kappa shape index (κ1) is 10.4. The van der Waals surface area contributed by atoms with E-state index >= 15 is 0 Å². The molecule has 0 aliphatic heterocycles. The molecule has 84 valence electrons. The molecule has 1 amide bonds. The number of hydrogen-bond acceptors (Lipinski definition) is 4. The van der Waals surface area contributed by atoms with Crippen LogP contribution in [0.3, 0.4) is 0 Å². The number of ether oxygens (including phenoxy) is 1. The molecule has 1 aromatic heterocycles. The molecule has 0 aliphatic carbocycles.